The highest BCUT2D eigenvalue weighted by Gasteiger charge is 2.60. The van der Waals surface area contributed by atoms with E-state index in [2.05, 4.69) is 42.6 Å². The molecule has 0 saturated heterocycles. The molecule has 4 bridgehead atoms. The molecule has 0 aliphatic heterocycles. The van der Waals surface area contributed by atoms with Crippen LogP contribution in [0.2, 0.25) is 0 Å². The topological polar surface area (TPSA) is 29.1 Å². The SMILES string of the molecule is CCSCCNC(=O)C12C[C@@H]3C[C@@H](C1)CC(c1ccccc1)(C3)C2. The fourth-order valence-electron chi connectivity index (χ4n) is 6.23. The second-order valence-corrected chi connectivity index (χ2v) is 9.73. The van der Waals surface area contributed by atoms with Gasteiger partial charge in [-0.3, -0.25) is 4.79 Å². The molecule has 0 radical (unpaired) electrons. The summed E-state index contributed by atoms with van der Waals surface area (Å²) in [6.07, 6.45) is 7.29. The largest absolute Gasteiger partial charge is 0.355 e. The highest BCUT2D eigenvalue weighted by molar-refractivity contribution is 7.99. The second-order valence-electron chi connectivity index (χ2n) is 8.34. The van der Waals surface area contributed by atoms with Gasteiger partial charge in [-0.15, -0.1) is 0 Å². The molecule has 5 rings (SSSR count). The van der Waals surface area contributed by atoms with Crippen LogP contribution in [0.1, 0.15) is 51.0 Å². The van der Waals surface area contributed by atoms with Gasteiger partial charge in [-0.1, -0.05) is 37.3 Å². The van der Waals surface area contributed by atoms with Gasteiger partial charge in [-0.05, 0) is 67.1 Å². The van der Waals surface area contributed by atoms with E-state index in [1.807, 2.05) is 11.8 Å². The van der Waals surface area contributed by atoms with Crippen LogP contribution < -0.4 is 5.32 Å². The van der Waals surface area contributed by atoms with Crippen molar-refractivity contribution in [2.45, 2.75) is 50.9 Å². The number of nitrogens with one attached hydrogen (secondary N) is 1. The van der Waals surface area contributed by atoms with Gasteiger partial charge < -0.3 is 5.32 Å². The van der Waals surface area contributed by atoms with E-state index in [9.17, 15) is 4.79 Å². The summed E-state index contributed by atoms with van der Waals surface area (Å²) in [4.78, 5) is 13.1. The van der Waals surface area contributed by atoms with Gasteiger partial charge in [0.25, 0.3) is 0 Å². The van der Waals surface area contributed by atoms with Crippen LogP contribution in [-0.4, -0.2) is 24.0 Å². The zero-order valence-electron chi connectivity index (χ0n) is 14.7. The van der Waals surface area contributed by atoms with E-state index in [0.29, 0.717) is 5.91 Å². The molecule has 0 spiro atoms. The maximum atomic E-state index is 13.1. The van der Waals surface area contributed by atoms with Crippen molar-refractivity contribution in [2.75, 3.05) is 18.1 Å². The summed E-state index contributed by atoms with van der Waals surface area (Å²) in [6, 6.07) is 11.1. The van der Waals surface area contributed by atoms with Crippen LogP contribution in [0.3, 0.4) is 0 Å². The summed E-state index contributed by atoms with van der Waals surface area (Å²) in [5.74, 6) is 4.02. The lowest BCUT2D eigenvalue weighted by Gasteiger charge is -2.61. The number of thioether (sulfide) groups is 1. The Labute approximate surface area is 150 Å². The summed E-state index contributed by atoms with van der Waals surface area (Å²) in [5, 5.41) is 3.28. The van der Waals surface area contributed by atoms with Gasteiger partial charge in [0.05, 0.1) is 5.41 Å². The number of benzene rings is 1. The standard InChI is InChI=1S/C21H29NOS/c1-2-24-9-8-22-19(23)21-13-16-10-17(14-21)12-20(11-16,15-21)18-6-4-3-5-7-18/h3-7,16-17H,2,8-15H2,1H3,(H,22,23)/t16-,17-,20?,21?/m1/s1. The average Bonchev–Trinajstić information content (AvgIpc) is 2.58. The Morgan fingerprint density at radius 1 is 1.17 bits per heavy atom. The van der Waals surface area contributed by atoms with Crippen molar-refractivity contribution in [3.8, 4) is 0 Å². The van der Waals surface area contributed by atoms with Crippen molar-refractivity contribution in [1.29, 1.82) is 0 Å². The lowest BCUT2D eigenvalue weighted by atomic mass is 9.42. The predicted molar refractivity (Wildman–Crippen MR) is 101 cm³/mol. The molecule has 24 heavy (non-hydrogen) atoms. The van der Waals surface area contributed by atoms with Crippen molar-refractivity contribution >= 4 is 17.7 Å². The van der Waals surface area contributed by atoms with E-state index in [1.54, 1.807) is 0 Å². The Bertz CT molecular complexity index is 585. The van der Waals surface area contributed by atoms with Gasteiger partial charge in [0.2, 0.25) is 5.91 Å². The Hall–Kier alpha value is -0.960. The highest BCUT2D eigenvalue weighted by atomic mass is 32.2. The van der Waals surface area contributed by atoms with Gasteiger partial charge in [0.15, 0.2) is 0 Å². The van der Waals surface area contributed by atoms with Crippen molar-refractivity contribution in [1.82, 2.24) is 5.32 Å². The molecule has 4 fully saturated rings. The molecule has 3 heteroatoms. The summed E-state index contributed by atoms with van der Waals surface area (Å²) in [6.45, 7) is 3.00. The molecule has 0 unspecified atom stereocenters. The molecule has 130 valence electrons. The number of carbonyl (C=O) groups excluding carboxylic acids is 1. The molecule has 1 amide bonds. The third-order valence-corrected chi connectivity index (χ3v) is 7.57. The summed E-state index contributed by atoms with van der Waals surface area (Å²) >= 11 is 1.91. The first-order chi connectivity index (χ1) is 11.7. The molecule has 1 N–H and O–H groups in total. The first-order valence-electron chi connectivity index (χ1n) is 9.57. The van der Waals surface area contributed by atoms with Crippen LogP contribution in [0.25, 0.3) is 0 Å². The Balaban J connectivity index is 1.56. The lowest BCUT2D eigenvalue weighted by molar-refractivity contribution is -0.149. The number of carbonyl (C=O) groups is 1. The van der Waals surface area contributed by atoms with E-state index < -0.39 is 0 Å². The predicted octanol–water partition coefficient (Wildman–Crippen LogP) is 4.39. The molecule has 4 aliphatic carbocycles. The van der Waals surface area contributed by atoms with Crippen LogP contribution in [0.5, 0.6) is 0 Å². The number of hydrogen-bond donors (Lipinski definition) is 1. The minimum atomic E-state index is -0.0865. The van der Waals surface area contributed by atoms with Crippen molar-refractivity contribution in [2.24, 2.45) is 17.3 Å². The first-order valence-corrected chi connectivity index (χ1v) is 10.7. The van der Waals surface area contributed by atoms with Gasteiger partial charge in [0.1, 0.15) is 0 Å². The number of rotatable bonds is 6. The minimum Gasteiger partial charge on any atom is -0.355 e. The molecule has 4 saturated carbocycles. The van der Waals surface area contributed by atoms with E-state index in [1.165, 1.54) is 24.8 Å². The Kier molecular flexibility index (Phi) is 4.40. The maximum absolute atomic E-state index is 13.1. The van der Waals surface area contributed by atoms with Gasteiger partial charge >= 0.3 is 0 Å². The third-order valence-electron chi connectivity index (χ3n) is 6.67. The quantitative estimate of drug-likeness (QED) is 0.776. The number of hydrogen-bond acceptors (Lipinski definition) is 2. The summed E-state index contributed by atoms with van der Waals surface area (Å²) < 4.78 is 0. The summed E-state index contributed by atoms with van der Waals surface area (Å²) in [7, 11) is 0. The van der Waals surface area contributed by atoms with Crippen LogP contribution in [0.4, 0.5) is 0 Å². The normalized spacial score (nSPS) is 36.7. The number of amides is 1. The van der Waals surface area contributed by atoms with Crippen LogP contribution in [0, 0.1) is 17.3 Å². The molecular formula is C21H29NOS. The van der Waals surface area contributed by atoms with Crippen molar-refractivity contribution in [3.05, 3.63) is 35.9 Å². The van der Waals surface area contributed by atoms with Crippen LogP contribution in [-0.2, 0) is 10.2 Å². The molecule has 2 atom stereocenters. The average molecular weight is 344 g/mol. The molecule has 0 heterocycles. The Morgan fingerprint density at radius 2 is 1.88 bits per heavy atom. The highest BCUT2D eigenvalue weighted by Crippen LogP contribution is 2.65. The first kappa shape index (κ1) is 16.5. The van der Waals surface area contributed by atoms with Crippen LogP contribution in [0.15, 0.2) is 30.3 Å². The van der Waals surface area contributed by atoms with E-state index in [0.717, 1.165) is 49.1 Å². The third kappa shape index (κ3) is 2.79. The van der Waals surface area contributed by atoms with E-state index in [-0.39, 0.29) is 10.8 Å². The van der Waals surface area contributed by atoms with Gasteiger partial charge in [0, 0.05) is 12.3 Å². The van der Waals surface area contributed by atoms with Crippen molar-refractivity contribution in [3.63, 3.8) is 0 Å². The molecule has 1 aromatic rings. The van der Waals surface area contributed by atoms with E-state index in [4.69, 9.17) is 0 Å². The van der Waals surface area contributed by atoms with E-state index >= 15 is 0 Å². The molecule has 4 aliphatic rings. The second kappa shape index (κ2) is 6.40. The molecule has 0 aromatic heterocycles. The van der Waals surface area contributed by atoms with Gasteiger partial charge in [-0.2, -0.15) is 11.8 Å². The van der Waals surface area contributed by atoms with Gasteiger partial charge in [-0.25, -0.2) is 0 Å². The van der Waals surface area contributed by atoms with Crippen LogP contribution >= 0.6 is 11.8 Å². The fraction of sp³-hybridized carbons (Fsp3) is 0.667. The summed E-state index contributed by atoms with van der Waals surface area (Å²) in [5.41, 5.74) is 1.66. The Morgan fingerprint density at radius 3 is 2.54 bits per heavy atom. The fourth-order valence-corrected chi connectivity index (χ4v) is 6.76. The lowest BCUT2D eigenvalue weighted by Crippen LogP contribution is -2.59. The molecule has 1 aromatic carbocycles. The zero-order chi connectivity index (χ0) is 16.6. The minimum absolute atomic E-state index is 0.0865. The monoisotopic (exact) mass is 343 g/mol. The van der Waals surface area contributed by atoms with Crippen molar-refractivity contribution < 1.29 is 4.79 Å². The maximum Gasteiger partial charge on any atom is 0.226 e. The molecular weight excluding hydrogens is 314 g/mol. The smallest absolute Gasteiger partial charge is 0.226 e. The molecule has 2 nitrogen and oxygen atoms in total. The zero-order valence-corrected chi connectivity index (χ0v) is 15.5.